The van der Waals surface area contributed by atoms with Gasteiger partial charge in [-0.2, -0.15) is 0 Å². The van der Waals surface area contributed by atoms with Gasteiger partial charge in [-0.25, -0.2) is 4.98 Å². The zero-order chi connectivity index (χ0) is 16.4. The van der Waals surface area contributed by atoms with Gasteiger partial charge in [0.25, 0.3) is 5.91 Å². The van der Waals surface area contributed by atoms with E-state index < -0.39 is 0 Å². The molecule has 0 aliphatic carbocycles. The molecule has 9 heteroatoms. The number of nitrogens with zero attached hydrogens (tertiary/aromatic N) is 5. The summed E-state index contributed by atoms with van der Waals surface area (Å²) in [5, 5.41) is 16.3. The van der Waals surface area contributed by atoms with Gasteiger partial charge in [0.2, 0.25) is 0 Å². The molecule has 0 spiro atoms. The molecular formula is C15H19N7OS. The van der Waals surface area contributed by atoms with E-state index in [2.05, 4.69) is 25.9 Å². The fourth-order valence-electron chi connectivity index (χ4n) is 2.96. The molecule has 3 aromatic rings. The summed E-state index contributed by atoms with van der Waals surface area (Å²) in [5.41, 5.74) is 1.18. The van der Waals surface area contributed by atoms with Crippen molar-refractivity contribution in [3.05, 3.63) is 35.4 Å². The average Bonchev–Trinajstić information content (AvgIpc) is 3.29. The molecule has 0 saturated carbocycles. The molecule has 126 valence electrons. The maximum Gasteiger partial charge on any atom is 0.273 e. The highest BCUT2D eigenvalue weighted by Gasteiger charge is 2.16. The van der Waals surface area contributed by atoms with Crippen molar-refractivity contribution >= 4 is 22.2 Å². The summed E-state index contributed by atoms with van der Waals surface area (Å²) < 4.78 is 3.71. The maximum absolute atomic E-state index is 12.2. The fourth-order valence-corrected chi connectivity index (χ4v) is 3.68. The molecule has 0 aromatic carbocycles. The Labute approximate surface area is 142 Å². The first-order valence-corrected chi connectivity index (χ1v) is 8.96. The molecular weight excluding hydrogens is 326 g/mol. The first-order valence-electron chi connectivity index (χ1n) is 8.08. The van der Waals surface area contributed by atoms with Crippen molar-refractivity contribution in [3.63, 3.8) is 0 Å². The molecule has 8 nitrogen and oxygen atoms in total. The highest BCUT2D eigenvalue weighted by Crippen LogP contribution is 2.13. The van der Waals surface area contributed by atoms with Gasteiger partial charge in [-0.15, -0.1) is 16.4 Å². The van der Waals surface area contributed by atoms with Crippen molar-refractivity contribution < 1.29 is 4.79 Å². The normalized spacial score (nSPS) is 18.1. The van der Waals surface area contributed by atoms with Crippen LogP contribution in [0.15, 0.2) is 24.0 Å². The van der Waals surface area contributed by atoms with Gasteiger partial charge in [0.1, 0.15) is 0 Å². The van der Waals surface area contributed by atoms with Crippen molar-refractivity contribution in [1.82, 2.24) is 35.0 Å². The largest absolute Gasteiger partial charge is 0.345 e. The summed E-state index contributed by atoms with van der Waals surface area (Å²) in [7, 11) is 0. The number of fused-ring (bicyclic) bond motifs is 1. The lowest BCUT2D eigenvalue weighted by Crippen LogP contribution is -2.32. The van der Waals surface area contributed by atoms with Crippen LogP contribution in [0.2, 0.25) is 0 Å². The Morgan fingerprint density at radius 3 is 3.25 bits per heavy atom. The topological polar surface area (TPSA) is 89.1 Å². The summed E-state index contributed by atoms with van der Waals surface area (Å²) in [6.07, 6.45) is 7.96. The van der Waals surface area contributed by atoms with Gasteiger partial charge in [-0.1, -0.05) is 5.21 Å². The summed E-state index contributed by atoms with van der Waals surface area (Å²) in [6, 6.07) is 0. The molecule has 4 heterocycles. The van der Waals surface area contributed by atoms with E-state index >= 15 is 0 Å². The van der Waals surface area contributed by atoms with Crippen LogP contribution in [0.1, 0.15) is 29.0 Å². The van der Waals surface area contributed by atoms with Crippen molar-refractivity contribution in [1.29, 1.82) is 0 Å². The maximum atomic E-state index is 12.2. The van der Waals surface area contributed by atoms with Gasteiger partial charge in [0.05, 0.1) is 18.4 Å². The Morgan fingerprint density at radius 2 is 2.42 bits per heavy atom. The lowest BCUT2D eigenvalue weighted by atomic mass is 10.00. The monoisotopic (exact) mass is 345 g/mol. The number of carbonyl (C=O) groups is 1. The second kappa shape index (κ2) is 6.70. The standard InChI is InChI=1S/C15H19N7OS/c23-14(17-7-12-9-21-4-5-24-15(21)18-12)13-10-22(20-19-13)8-11-2-1-3-16-6-11/h4-5,9-11,16H,1-3,6-8H2,(H,17,23). The van der Waals surface area contributed by atoms with Gasteiger partial charge in [0.15, 0.2) is 10.7 Å². The highest BCUT2D eigenvalue weighted by atomic mass is 32.1. The van der Waals surface area contributed by atoms with Crippen LogP contribution in [0.5, 0.6) is 0 Å². The summed E-state index contributed by atoms with van der Waals surface area (Å²) in [6.45, 7) is 3.27. The molecule has 1 unspecified atom stereocenters. The number of thiazole rings is 1. The van der Waals surface area contributed by atoms with E-state index in [0.717, 1.165) is 30.3 Å². The number of amides is 1. The summed E-state index contributed by atoms with van der Waals surface area (Å²) in [5.74, 6) is 0.328. The van der Waals surface area contributed by atoms with Crippen LogP contribution in [0.3, 0.4) is 0 Å². The average molecular weight is 345 g/mol. The van der Waals surface area contributed by atoms with E-state index in [0.29, 0.717) is 18.2 Å². The van der Waals surface area contributed by atoms with E-state index in [4.69, 9.17) is 0 Å². The third-order valence-corrected chi connectivity index (χ3v) is 4.96. The minimum Gasteiger partial charge on any atom is -0.345 e. The molecule has 0 radical (unpaired) electrons. The summed E-state index contributed by atoms with van der Waals surface area (Å²) in [4.78, 5) is 17.6. The van der Waals surface area contributed by atoms with Gasteiger partial charge in [-0.3, -0.25) is 13.9 Å². The predicted octanol–water partition coefficient (Wildman–Crippen LogP) is 0.917. The fraction of sp³-hybridized carbons (Fsp3) is 0.467. The van der Waals surface area contributed by atoms with E-state index in [9.17, 15) is 4.79 Å². The smallest absolute Gasteiger partial charge is 0.273 e. The van der Waals surface area contributed by atoms with Gasteiger partial charge < -0.3 is 10.6 Å². The Morgan fingerprint density at radius 1 is 1.46 bits per heavy atom. The minimum absolute atomic E-state index is 0.223. The van der Waals surface area contributed by atoms with Crippen molar-refractivity contribution in [3.8, 4) is 0 Å². The summed E-state index contributed by atoms with van der Waals surface area (Å²) >= 11 is 1.57. The second-order valence-electron chi connectivity index (χ2n) is 6.05. The Balaban J connectivity index is 1.33. The van der Waals surface area contributed by atoms with E-state index in [1.807, 2.05) is 22.2 Å². The number of nitrogens with one attached hydrogen (secondary N) is 2. The highest BCUT2D eigenvalue weighted by molar-refractivity contribution is 7.15. The zero-order valence-corrected chi connectivity index (χ0v) is 14.0. The lowest BCUT2D eigenvalue weighted by molar-refractivity contribution is 0.0945. The zero-order valence-electron chi connectivity index (χ0n) is 13.2. The van der Waals surface area contributed by atoms with Gasteiger partial charge >= 0.3 is 0 Å². The Kier molecular flexibility index (Phi) is 4.26. The molecule has 1 aliphatic rings. The SMILES string of the molecule is O=C(NCc1cn2ccsc2n1)c1cn(CC2CCCNC2)nn1. The van der Waals surface area contributed by atoms with Crippen molar-refractivity contribution in [2.75, 3.05) is 13.1 Å². The van der Waals surface area contributed by atoms with Crippen LogP contribution in [-0.4, -0.2) is 43.4 Å². The van der Waals surface area contributed by atoms with Crippen LogP contribution in [0, 0.1) is 5.92 Å². The first kappa shape index (κ1) is 15.3. The number of hydrogen-bond acceptors (Lipinski definition) is 6. The molecule has 0 bridgehead atoms. The number of piperidine rings is 1. The molecule has 1 fully saturated rings. The van der Waals surface area contributed by atoms with Crippen LogP contribution >= 0.6 is 11.3 Å². The van der Waals surface area contributed by atoms with E-state index in [1.54, 1.807) is 22.2 Å². The molecule has 4 rings (SSSR count). The minimum atomic E-state index is -0.223. The number of hydrogen-bond donors (Lipinski definition) is 2. The molecule has 24 heavy (non-hydrogen) atoms. The predicted molar refractivity (Wildman–Crippen MR) is 89.9 cm³/mol. The van der Waals surface area contributed by atoms with Crippen LogP contribution in [0.25, 0.3) is 4.96 Å². The van der Waals surface area contributed by atoms with Crippen molar-refractivity contribution in [2.24, 2.45) is 5.92 Å². The Hall–Kier alpha value is -2.26. The Bertz CT molecular complexity index is 801. The number of aromatic nitrogens is 5. The molecule has 1 amide bonds. The molecule has 1 atom stereocenters. The van der Waals surface area contributed by atoms with E-state index in [1.165, 1.54) is 12.8 Å². The first-order chi connectivity index (χ1) is 11.8. The van der Waals surface area contributed by atoms with Crippen LogP contribution in [0.4, 0.5) is 0 Å². The number of carbonyl (C=O) groups excluding carboxylic acids is 1. The van der Waals surface area contributed by atoms with Crippen LogP contribution in [-0.2, 0) is 13.1 Å². The second-order valence-corrected chi connectivity index (χ2v) is 6.92. The van der Waals surface area contributed by atoms with Gasteiger partial charge in [-0.05, 0) is 31.8 Å². The molecule has 2 N–H and O–H groups in total. The lowest BCUT2D eigenvalue weighted by Gasteiger charge is -2.22. The van der Waals surface area contributed by atoms with E-state index in [-0.39, 0.29) is 5.91 Å². The molecule has 1 aliphatic heterocycles. The quantitative estimate of drug-likeness (QED) is 0.718. The van der Waals surface area contributed by atoms with Crippen molar-refractivity contribution in [2.45, 2.75) is 25.9 Å². The van der Waals surface area contributed by atoms with Crippen LogP contribution < -0.4 is 10.6 Å². The number of imidazole rings is 1. The third-order valence-electron chi connectivity index (χ3n) is 4.19. The third kappa shape index (κ3) is 3.31. The number of rotatable bonds is 5. The molecule has 1 saturated heterocycles. The van der Waals surface area contributed by atoms with Gasteiger partial charge in [0, 0.05) is 24.3 Å². The molecule has 3 aromatic heterocycles.